The van der Waals surface area contributed by atoms with Crippen LogP contribution in [0, 0.1) is 23.1 Å². The van der Waals surface area contributed by atoms with Gasteiger partial charge in [-0.3, -0.25) is 19.1 Å². The molecule has 18 heteroatoms. The lowest BCUT2D eigenvalue weighted by molar-refractivity contribution is -0.192. The Balaban J connectivity index is 0.000000654. The SMILES string of the molecule is C[C@@H]1CCC[C@H](n2cnc(-c3c(-n4cc(Cl)nn4)ccc(Cl)c3F)cc2=O)c2cc(ccn2)-c2cc(C#N)ccc2NC1=O.O=C(O)C(F)(F)F. The minimum absolute atomic E-state index is 0.0353. The Bertz CT molecular complexity index is 2240. The summed E-state index contributed by atoms with van der Waals surface area (Å²) in [4.78, 5) is 44.7. The third-order valence-electron chi connectivity index (χ3n) is 7.86. The van der Waals surface area contributed by atoms with Crippen molar-refractivity contribution >= 4 is 40.8 Å². The van der Waals surface area contributed by atoms with Gasteiger partial charge in [-0.25, -0.2) is 18.9 Å². The number of benzene rings is 2. The molecule has 1 aliphatic rings. The van der Waals surface area contributed by atoms with E-state index in [1.54, 1.807) is 30.5 Å². The first-order valence-corrected chi connectivity index (χ1v) is 15.7. The second-order valence-electron chi connectivity index (χ2n) is 11.2. The molecule has 262 valence electrons. The number of halogens is 6. The first-order valence-electron chi connectivity index (χ1n) is 14.9. The molecule has 0 unspecified atom stereocenters. The molecule has 12 nitrogen and oxygen atoms in total. The zero-order chi connectivity index (χ0) is 37.0. The van der Waals surface area contributed by atoms with Crippen LogP contribution in [0.5, 0.6) is 0 Å². The van der Waals surface area contributed by atoms with Crippen molar-refractivity contribution in [2.45, 2.75) is 38.4 Å². The van der Waals surface area contributed by atoms with Crippen LogP contribution in [0.4, 0.5) is 23.2 Å². The number of carbonyl (C=O) groups is 2. The number of aliphatic carboxylic acids is 1. The highest BCUT2D eigenvalue weighted by Crippen LogP contribution is 2.35. The van der Waals surface area contributed by atoms with Crippen LogP contribution in [0.2, 0.25) is 10.2 Å². The number of hydrogen-bond acceptors (Lipinski definition) is 8. The van der Waals surface area contributed by atoms with Crippen LogP contribution in [-0.2, 0) is 9.59 Å². The number of carboxylic acids is 1. The smallest absolute Gasteiger partial charge is 0.475 e. The van der Waals surface area contributed by atoms with E-state index in [-0.39, 0.29) is 38.9 Å². The molecule has 6 rings (SSSR count). The molecule has 0 spiro atoms. The Morgan fingerprint density at radius 3 is 2.47 bits per heavy atom. The van der Waals surface area contributed by atoms with Gasteiger partial charge in [0.1, 0.15) is 0 Å². The average Bonchev–Trinajstić information content (AvgIpc) is 3.53. The lowest BCUT2D eigenvalue weighted by Crippen LogP contribution is -2.27. The number of nitrogens with zero attached hydrogens (tertiary/aromatic N) is 7. The Morgan fingerprint density at radius 2 is 1.82 bits per heavy atom. The molecular formula is C33H24Cl2F4N8O4. The fourth-order valence-electron chi connectivity index (χ4n) is 5.31. The minimum atomic E-state index is -5.08. The summed E-state index contributed by atoms with van der Waals surface area (Å²) in [6, 6.07) is 14.4. The molecule has 0 saturated carbocycles. The van der Waals surface area contributed by atoms with E-state index in [1.807, 2.05) is 13.0 Å². The standard InChI is InChI=1S/C31H23Cl2FN8O2.C2HF3O2/c1-17-3-2-4-25(23-12-19(9-10-36-23)20-11-18(14-35)5-7-22(20)38-31(17)44)41-16-37-24(13-28(41)43)29-26(8-6-21(32)30(29)34)42-15-27(33)39-40-42;3-2(4,5)1(6)7/h5-13,15-17,25H,2-4H2,1H3,(H,38,44);(H,6,7)/t17-,25+;/m1./s1. The summed E-state index contributed by atoms with van der Waals surface area (Å²) in [5.41, 5.74) is 2.80. The Hall–Kier alpha value is -5.66. The van der Waals surface area contributed by atoms with E-state index in [1.165, 1.54) is 40.0 Å². The number of carbonyl (C=O) groups excluding carboxylic acids is 1. The number of fused-ring (bicyclic) bond motifs is 4. The van der Waals surface area contributed by atoms with Gasteiger partial charge in [-0.1, -0.05) is 41.8 Å². The number of amides is 1. The molecule has 0 fully saturated rings. The predicted molar refractivity (Wildman–Crippen MR) is 177 cm³/mol. The summed E-state index contributed by atoms with van der Waals surface area (Å²) < 4.78 is 49.9. The number of pyridine rings is 1. The van der Waals surface area contributed by atoms with Crippen molar-refractivity contribution in [2.24, 2.45) is 5.92 Å². The molecular weight excluding hydrogens is 719 g/mol. The number of alkyl halides is 3. The van der Waals surface area contributed by atoms with Crippen LogP contribution in [0.25, 0.3) is 28.1 Å². The molecule has 2 bridgehead atoms. The second kappa shape index (κ2) is 15.1. The van der Waals surface area contributed by atoms with Gasteiger partial charge in [0.05, 0.1) is 57.9 Å². The summed E-state index contributed by atoms with van der Waals surface area (Å²) >= 11 is 12.1. The molecule has 1 amide bonds. The van der Waals surface area contributed by atoms with Gasteiger partial charge in [0, 0.05) is 29.4 Å². The third-order valence-corrected chi connectivity index (χ3v) is 8.32. The average molecular weight is 744 g/mol. The molecule has 2 N–H and O–H groups in total. The molecule has 3 aromatic heterocycles. The number of nitrogens with one attached hydrogen (secondary N) is 1. The van der Waals surface area contributed by atoms with Crippen LogP contribution in [0.15, 0.2) is 72.0 Å². The topological polar surface area (TPSA) is 169 Å². The fourth-order valence-corrected chi connectivity index (χ4v) is 5.59. The Labute approximate surface area is 295 Å². The van der Waals surface area contributed by atoms with E-state index < -0.39 is 29.6 Å². The minimum Gasteiger partial charge on any atom is -0.475 e. The predicted octanol–water partition coefficient (Wildman–Crippen LogP) is 6.85. The quantitative estimate of drug-likeness (QED) is 0.188. The highest BCUT2D eigenvalue weighted by Gasteiger charge is 2.38. The molecule has 0 saturated heterocycles. The molecule has 0 aliphatic carbocycles. The molecule has 4 heterocycles. The van der Waals surface area contributed by atoms with Crippen molar-refractivity contribution < 1.29 is 32.3 Å². The summed E-state index contributed by atoms with van der Waals surface area (Å²) in [6.07, 6.45) is 0.955. The van der Waals surface area contributed by atoms with E-state index >= 15 is 4.39 Å². The monoisotopic (exact) mass is 742 g/mol. The van der Waals surface area contributed by atoms with E-state index in [0.717, 1.165) is 5.56 Å². The van der Waals surface area contributed by atoms with Crippen molar-refractivity contribution in [3.63, 3.8) is 0 Å². The van der Waals surface area contributed by atoms with Crippen molar-refractivity contribution in [2.75, 3.05) is 5.32 Å². The highest BCUT2D eigenvalue weighted by atomic mass is 35.5. The molecule has 51 heavy (non-hydrogen) atoms. The van der Waals surface area contributed by atoms with Crippen LogP contribution in [-0.4, -0.2) is 52.7 Å². The molecule has 2 aromatic carbocycles. The van der Waals surface area contributed by atoms with Crippen LogP contribution in [0.3, 0.4) is 0 Å². The number of hydrogen-bond donors (Lipinski definition) is 2. The molecule has 2 atom stereocenters. The van der Waals surface area contributed by atoms with Crippen molar-refractivity contribution in [1.82, 2.24) is 29.5 Å². The number of carboxylic acid groups (broad SMARTS) is 1. The van der Waals surface area contributed by atoms with Gasteiger partial charge >= 0.3 is 12.1 Å². The van der Waals surface area contributed by atoms with Crippen LogP contribution < -0.4 is 10.9 Å². The van der Waals surface area contributed by atoms with Gasteiger partial charge in [0.2, 0.25) is 5.91 Å². The first kappa shape index (κ1) is 36.6. The molecule has 1 aliphatic heterocycles. The van der Waals surface area contributed by atoms with E-state index in [2.05, 4.69) is 31.7 Å². The number of aromatic nitrogens is 6. The maximum atomic E-state index is 15.4. The van der Waals surface area contributed by atoms with Crippen LogP contribution in [0.1, 0.15) is 43.5 Å². The van der Waals surface area contributed by atoms with Crippen molar-refractivity contribution in [1.29, 1.82) is 5.26 Å². The van der Waals surface area contributed by atoms with Crippen molar-refractivity contribution in [3.8, 4) is 34.1 Å². The number of rotatable bonds is 3. The summed E-state index contributed by atoms with van der Waals surface area (Å²) in [5, 5.41) is 27.3. The van der Waals surface area contributed by atoms with E-state index in [4.69, 9.17) is 33.1 Å². The van der Waals surface area contributed by atoms with Gasteiger partial charge in [0.25, 0.3) is 5.56 Å². The highest BCUT2D eigenvalue weighted by molar-refractivity contribution is 6.31. The Kier molecular flexibility index (Phi) is 10.8. The van der Waals surface area contributed by atoms with Gasteiger partial charge < -0.3 is 10.4 Å². The second-order valence-corrected chi connectivity index (χ2v) is 12.0. The van der Waals surface area contributed by atoms with Gasteiger partial charge in [-0.2, -0.15) is 18.4 Å². The van der Waals surface area contributed by atoms with Gasteiger partial charge in [0.15, 0.2) is 11.0 Å². The maximum absolute atomic E-state index is 15.4. The summed E-state index contributed by atoms with van der Waals surface area (Å²) in [5.74, 6) is -3.98. The maximum Gasteiger partial charge on any atom is 0.490 e. The zero-order valence-electron chi connectivity index (χ0n) is 26.2. The van der Waals surface area contributed by atoms with Crippen molar-refractivity contribution in [3.05, 3.63) is 105 Å². The first-order chi connectivity index (χ1) is 24.2. The fraction of sp³-hybridized carbons (Fsp3) is 0.212. The Morgan fingerprint density at radius 1 is 1.08 bits per heavy atom. The zero-order valence-corrected chi connectivity index (χ0v) is 27.7. The molecule has 0 radical (unpaired) electrons. The summed E-state index contributed by atoms with van der Waals surface area (Å²) in [7, 11) is 0. The van der Waals surface area contributed by atoms with Gasteiger partial charge in [-0.15, -0.1) is 5.10 Å². The van der Waals surface area contributed by atoms with E-state index in [9.17, 15) is 28.0 Å². The normalized spacial score (nSPS) is 15.9. The number of nitriles is 1. The largest absolute Gasteiger partial charge is 0.490 e. The van der Waals surface area contributed by atoms with E-state index in [0.29, 0.717) is 41.8 Å². The summed E-state index contributed by atoms with van der Waals surface area (Å²) in [6.45, 7) is 1.85. The van der Waals surface area contributed by atoms with Crippen LogP contribution >= 0.6 is 23.2 Å². The lowest BCUT2D eigenvalue weighted by Gasteiger charge is -2.23. The third kappa shape index (κ3) is 8.22. The molecule has 5 aromatic rings. The lowest BCUT2D eigenvalue weighted by atomic mass is 9.95. The van der Waals surface area contributed by atoms with Gasteiger partial charge in [-0.05, 0) is 60.9 Å². The number of anilines is 1.